The lowest BCUT2D eigenvalue weighted by Gasteiger charge is -2.01. The summed E-state index contributed by atoms with van der Waals surface area (Å²) in [7, 11) is 0. The quantitative estimate of drug-likeness (QED) is 0.584. The molecule has 2 rings (SSSR count). The Morgan fingerprint density at radius 1 is 1.50 bits per heavy atom. The SMILES string of the molecule is CCc1c(C)sc2ncnc(NN)c12. The van der Waals surface area contributed by atoms with Crippen LogP contribution in [0.1, 0.15) is 17.4 Å². The fourth-order valence-electron chi connectivity index (χ4n) is 1.64. The van der Waals surface area contributed by atoms with Gasteiger partial charge in [0.1, 0.15) is 11.2 Å². The zero-order valence-electron chi connectivity index (χ0n) is 8.16. The Kier molecular flexibility index (Phi) is 2.35. The largest absolute Gasteiger partial charge is 0.308 e. The molecule has 0 saturated carbocycles. The number of aryl methyl sites for hydroxylation is 2. The minimum atomic E-state index is 0.719. The third-order valence-corrected chi connectivity index (χ3v) is 3.33. The van der Waals surface area contributed by atoms with Crippen molar-refractivity contribution in [2.45, 2.75) is 20.3 Å². The van der Waals surface area contributed by atoms with Crippen molar-refractivity contribution in [2.24, 2.45) is 5.84 Å². The molecule has 2 aromatic heterocycles. The molecule has 0 spiro atoms. The van der Waals surface area contributed by atoms with E-state index >= 15 is 0 Å². The highest BCUT2D eigenvalue weighted by molar-refractivity contribution is 7.18. The first-order valence-electron chi connectivity index (χ1n) is 4.47. The lowest BCUT2D eigenvalue weighted by Crippen LogP contribution is -2.09. The first-order valence-corrected chi connectivity index (χ1v) is 5.29. The number of hydrazine groups is 1. The summed E-state index contributed by atoms with van der Waals surface area (Å²) in [5, 5.41) is 1.07. The van der Waals surface area contributed by atoms with Crippen molar-refractivity contribution in [1.82, 2.24) is 9.97 Å². The van der Waals surface area contributed by atoms with Crippen LogP contribution in [0.5, 0.6) is 0 Å². The van der Waals surface area contributed by atoms with Gasteiger partial charge in [-0.3, -0.25) is 0 Å². The molecular formula is C9H12N4S. The minimum Gasteiger partial charge on any atom is -0.308 e. The Balaban J connectivity index is 2.82. The molecule has 4 nitrogen and oxygen atoms in total. The second-order valence-corrected chi connectivity index (χ2v) is 4.24. The summed E-state index contributed by atoms with van der Waals surface area (Å²) in [4.78, 5) is 10.6. The van der Waals surface area contributed by atoms with E-state index < -0.39 is 0 Å². The number of nitrogens with zero attached hydrogens (tertiary/aromatic N) is 2. The van der Waals surface area contributed by atoms with Gasteiger partial charge in [0.25, 0.3) is 0 Å². The maximum Gasteiger partial charge on any atom is 0.152 e. The molecule has 5 heteroatoms. The zero-order valence-corrected chi connectivity index (χ0v) is 8.98. The Morgan fingerprint density at radius 3 is 2.93 bits per heavy atom. The normalized spacial score (nSPS) is 10.8. The van der Waals surface area contributed by atoms with Gasteiger partial charge in [-0.25, -0.2) is 15.8 Å². The van der Waals surface area contributed by atoms with Crippen molar-refractivity contribution in [3.63, 3.8) is 0 Å². The zero-order chi connectivity index (χ0) is 10.1. The van der Waals surface area contributed by atoms with Crippen LogP contribution in [0.3, 0.4) is 0 Å². The predicted octanol–water partition coefficient (Wildman–Crippen LogP) is 1.85. The average Bonchev–Trinajstić information content (AvgIpc) is 2.52. The molecule has 0 amide bonds. The molecule has 0 radical (unpaired) electrons. The van der Waals surface area contributed by atoms with E-state index in [2.05, 4.69) is 29.2 Å². The summed E-state index contributed by atoms with van der Waals surface area (Å²) in [5.74, 6) is 6.13. The number of hydrogen-bond acceptors (Lipinski definition) is 5. The van der Waals surface area contributed by atoms with Gasteiger partial charge in [-0.05, 0) is 18.9 Å². The lowest BCUT2D eigenvalue weighted by molar-refractivity contribution is 1.13. The van der Waals surface area contributed by atoms with Crippen LogP contribution in [0.2, 0.25) is 0 Å². The van der Waals surface area contributed by atoms with E-state index in [-0.39, 0.29) is 0 Å². The summed E-state index contributed by atoms with van der Waals surface area (Å²) in [6.45, 7) is 4.23. The third kappa shape index (κ3) is 1.25. The summed E-state index contributed by atoms with van der Waals surface area (Å²) >= 11 is 1.69. The van der Waals surface area contributed by atoms with Crippen LogP contribution in [0.15, 0.2) is 6.33 Å². The van der Waals surface area contributed by atoms with E-state index in [0.717, 1.165) is 22.5 Å². The lowest BCUT2D eigenvalue weighted by atomic mass is 10.1. The number of aromatic nitrogens is 2. The monoisotopic (exact) mass is 208 g/mol. The molecule has 14 heavy (non-hydrogen) atoms. The minimum absolute atomic E-state index is 0.719. The highest BCUT2D eigenvalue weighted by Gasteiger charge is 2.12. The van der Waals surface area contributed by atoms with Crippen LogP contribution < -0.4 is 11.3 Å². The van der Waals surface area contributed by atoms with Crippen LogP contribution in [-0.4, -0.2) is 9.97 Å². The number of nitrogens with one attached hydrogen (secondary N) is 1. The van der Waals surface area contributed by atoms with Gasteiger partial charge in [-0.2, -0.15) is 0 Å². The molecule has 0 aliphatic carbocycles. The van der Waals surface area contributed by atoms with Gasteiger partial charge in [-0.1, -0.05) is 6.92 Å². The molecule has 74 valence electrons. The van der Waals surface area contributed by atoms with E-state index in [4.69, 9.17) is 5.84 Å². The molecule has 0 aromatic carbocycles. The van der Waals surface area contributed by atoms with Crippen LogP contribution in [0.4, 0.5) is 5.82 Å². The summed E-state index contributed by atoms with van der Waals surface area (Å²) < 4.78 is 0. The molecule has 0 fully saturated rings. The summed E-state index contributed by atoms with van der Waals surface area (Å²) in [6, 6.07) is 0. The van der Waals surface area contributed by atoms with E-state index in [1.165, 1.54) is 16.8 Å². The summed E-state index contributed by atoms with van der Waals surface area (Å²) in [6.07, 6.45) is 2.51. The second-order valence-electron chi connectivity index (χ2n) is 3.04. The first kappa shape index (κ1) is 9.36. The number of nitrogen functional groups attached to an aromatic ring is 1. The van der Waals surface area contributed by atoms with Crippen molar-refractivity contribution in [3.8, 4) is 0 Å². The van der Waals surface area contributed by atoms with Crippen LogP contribution in [0, 0.1) is 6.92 Å². The molecular weight excluding hydrogens is 196 g/mol. The fraction of sp³-hybridized carbons (Fsp3) is 0.333. The first-order chi connectivity index (χ1) is 6.77. The molecule has 2 heterocycles. The molecule has 0 unspecified atom stereocenters. The Hall–Kier alpha value is -1.20. The number of fused-ring (bicyclic) bond motifs is 1. The van der Waals surface area contributed by atoms with Gasteiger partial charge >= 0.3 is 0 Å². The van der Waals surface area contributed by atoms with Crippen LogP contribution in [-0.2, 0) is 6.42 Å². The molecule has 0 saturated heterocycles. The van der Waals surface area contributed by atoms with Crippen molar-refractivity contribution >= 4 is 27.4 Å². The molecule has 0 aliphatic heterocycles. The van der Waals surface area contributed by atoms with Crippen LogP contribution in [0.25, 0.3) is 10.2 Å². The van der Waals surface area contributed by atoms with Crippen LogP contribution >= 0.6 is 11.3 Å². The van der Waals surface area contributed by atoms with Crippen molar-refractivity contribution in [3.05, 3.63) is 16.8 Å². The Labute approximate surface area is 86.1 Å². The maximum atomic E-state index is 5.41. The van der Waals surface area contributed by atoms with Crippen molar-refractivity contribution < 1.29 is 0 Å². The number of nitrogens with two attached hydrogens (primary N) is 1. The highest BCUT2D eigenvalue weighted by Crippen LogP contribution is 2.32. The third-order valence-electron chi connectivity index (χ3n) is 2.28. The molecule has 0 bridgehead atoms. The van der Waals surface area contributed by atoms with Crippen molar-refractivity contribution in [1.29, 1.82) is 0 Å². The average molecular weight is 208 g/mol. The Morgan fingerprint density at radius 2 is 2.29 bits per heavy atom. The number of hydrogen-bond donors (Lipinski definition) is 2. The molecule has 0 atom stereocenters. The van der Waals surface area contributed by atoms with Gasteiger partial charge in [0.15, 0.2) is 5.82 Å². The van der Waals surface area contributed by atoms with Gasteiger partial charge in [0.05, 0.1) is 5.39 Å². The Bertz CT molecular complexity index is 463. The fourth-order valence-corrected chi connectivity index (χ4v) is 2.72. The van der Waals surface area contributed by atoms with E-state index in [1.807, 2.05) is 0 Å². The predicted molar refractivity (Wildman–Crippen MR) is 59.3 cm³/mol. The van der Waals surface area contributed by atoms with E-state index in [1.54, 1.807) is 11.3 Å². The van der Waals surface area contributed by atoms with Gasteiger partial charge in [0.2, 0.25) is 0 Å². The molecule has 0 aliphatic rings. The maximum absolute atomic E-state index is 5.41. The number of anilines is 1. The molecule has 2 aromatic rings. The standard InChI is InChI=1S/C9H12N4S/c1-3-6-5(2)14-9-7(6)8(13-10)11-4-12-9/h4H,3,10H2,1-2H3,(H,11,12,13). The van der Waals surface area contributed by atoms with Crippen molar-refractivity contribution in [2.75, 3.05) is 5.43 Å². The smallest absolute Gasteiger partial charge is 0.152 e. The second kappa shape index (κ2) is 3.51. The highest BCUT2D eigenvalue weighted by atomic mass is 32.1. The van der Waals surface area contributed by atoms with E-state index in [9.17, 15) is 0 Å². The number of thiophene rings is 1. The number of rotatable bonds is 2. The van der Waals surface area contributed by atoms with Gasteiger partial charge < -0.3 is 5.43 Å². The summed E-state index contributed by atoms with van der Waals surface area (Å²) in [5.41, 5.74) is 3.90. The topological polar surface area (TPSA) is 63.8 Å². The van der Waals surface area contributed by atoms with Gasteiger partial charge in [-0.15, -0.1) is 11.3 Å². The van der Waals surface area contributed by atoms with Gasteiger partial charge in [0, 0.05) is 4.88 Å². The molecule has 3 N–H and O–H groups in total. The van der Waals surface area contributed by atoms with E-state index in [0.29, 0.717) is 0 Å².